The number of ether oxygens (including phenoxy) is 2. The quantitative estimate of drug-likeness (QED) is 0.0748. The number of rotatable bonds is 23. The van der Waals surface area contributed by atoms with Crippen LogP contribution in [0.5, 0.6) is 5.75 Å². The number of unbranched alkanes of at least 4 members (excludes halogenated alkanes) is 1. The third-order valence-electron chi connectivity index (χ3n) is 11.3. The normalized spacial score (nSPS) is 17.8. The lowest BCUT2D eigenvalue weighted by molar-refractivity contribution is -0.142. The first-order valence-corrected chi connectivity index (χ1v) is 21.8. The van der Waals surface area contributed by atoms with E-state index in [-0.39, 0.29) is 38.6 Å². The summed E-state index contributed by atoms with van der Waals surface area (Å²) in [5, 5.41) is 35.3. The van der Waals surface area contributed by atoms with Crippen LogP contribution in [0, 0.1) is 5.92 Å². The van der Waals surface area contributed by atoms with Gasteiger partial charge in [-0.1, -0.05) is 69.5 Å². The highest BCUT2D eigenvalue weighted by Crippen LogP contribution is 2.25. The zero-order chi connectivity index (χ0) is 45.2. The van der Waals surface area contributed by atoms with Crippen LogP contribution < -0.4 is 37.1 Å². The summed E-state index contributed by atoms with van der Waals surface area (Å²) in [6.45, 7) is 4.82. The summed E-state index contributed by atoms with van der Waals surface area (Å²) in [5.74, 6) is -4.91. The van der Waals surface area contributed by atoms with E-state index in [1.54, 1.807) is 26.0 Å². The fourth-order valence-electron chi connectivity index (χ4n) is 7.80. The molecule has 1 saturated carbocycles. The van der Waals surface area contributed by atoms with Gasteiger partial charge in [-0.15, -0.1) is 0 Å². The number of nitrogens with one attached hydrogen (secondary N) is 5. The van der Waals surface area contributed by atoms with Gasteiger partial charge in [-0.05, 0) is 82.2 Å². The maximum atomic E-state index is 13.9. The number of carboxylic acid groups (broad SMARTS) is 1. The van der Waals surface area contributed by atoms with Crippen LogP contribution in [0.2, 0.25) is 0 Å². The van der Waals surface area contributed by atoms with E-state index in [2.05, 4.69) is 26.6 Å². The van der Waals surface area contributed by atoms with Crippen molar-refractivity contribution in [2.24, 2.45) is 11.7 Å². The number of alkyl carbamates (subject to hydrolysis) is 1. The summed E-state index contributed by atoms with van der Waals surface area (Å²) >= 11 is 0. The van der Waals surface area contributed by atoms with E-state index in [4.69, 9.17) is 15.2 Å². The summed E-state index contributed by atoms with van der Waals surface area (Å²) in [6, 6.07) is 7.24. The molecule has 342 valence electrons. The maximum Gasteiger partial charge on any atom is 0.407 e. The number of carboxylic acids is 1. The molecule has 18 heteroatoms. The molecule has 1 saturated heterocycles. The van der Waals surface area contributed by atoms with E-state index < -0.39 is 90.3 Å². The average molecular weight is 868 g/mol. The van der Waals surface area contributed by atoms with Crippen molar-refractivity contribution >= 4 is 52.4 Å². The number of nitrogens with two attached hydrogens (primary N) is 1. The smallest absolute Gasteiger partial charge is 0.407 e. The van der Waals surface area contributed by atoms with Crippen molar-refractivity contribution in [3.8, 4) is 5.75 Å². The van der Waals surface area contributed by atoms with E-state index in [1.165, 1.54) is 11.8 Å². The molecule has 0 bridgehead atoms. The van der Waals surface area contributed by atoms with Gasteiger partial charge in [-0.3, -0.25) is 28.8 Å². The Kier molecular flexibility index (Phi) is 19.7. The number of benzene rings is 2. The van der Waals surface area contributed by atoms with Crippen LogP contribution in [0.1, 0.15) is 97.8 Å². The Morgan fingerprint density at radius 2 is 1.47 bits per heavy atom. The van der Waals surface area contributed by atoms with Gasteiger partial charge in [0.05, 0.1) is 12.1 Å². The van der Waals surface area contributed by atoms with Crippen molar-refractivity contribution in [1.29, 1.82) is 0 Å². The minimum Gasteiger partial charge on any atom is -0.483 e. The Morgan fingerprint density at radius 3 is 2.15 bits per heavy atom. The topological polar surface area (TPSA) is 268 Å². The molecule has 4 rings (SSSR count). The molecule has 9 N–H and O–H groups in total. The van der Waals surface area contributed by atoms with Gasteiger partial charge in [0.1, 0.15) is 36.5 Å². The first kappa shape index (κ1) is 49.2. The van der Waals surface area contributed by atoms with E-state index >= 15 is 0 Å². The Morgan fingerprint density at radius 1 is 0.790 bits per heavy atom. The number of hydrogen-bond donors (Lipinski definition) is 8. The highest BCUT2D eigenvalue weighted by Gasteiger charge is 2.39. The molecule has 0 unspecified atom stereocenters. The van der Waals surface area contributed by atoms with Gasteiger partial charge in [-0.25, -0.2) is 4.79 Å². The molecule has 62 heavy (non-hydrogen) atoms. The summed E-state index contributed by atoms with van der Waals surface area (Å²) in [7, 11) is 0. The number of carbonyl (C=O) groups is 7. The molecule has 2 aromatic rings. The van der Waals surface area contributed by atoms with Gasteiger partial charge >= 0.3 is 12.1 Å². The van der Waals surface area contributed by atoms with Crippen molar-refractivity contribution in [3.63, 3.8) is 0 Å². The predicted octanol–water partition coefficient (Wildman–Crippen LogP) is 2.24. The van der Waals surface area contributed by atoms with E-state index in [9.17, 15) is 43.8 Å². The number of likely N-dealkylation sites (tertiary alicyclic amines) is 1. The van der Waals surface area contributed by atoms with Crippen molar-refractivity contribution in [1.82, 2.24) is 31.5 Å². The minimum absolute atomic E-state index is 0.0398. The Bertz CT molecular complexity index is 1830. The van der Waals surface area contributed by atoms with Gasteiger partial charge in [0, 0.05) is 24.4 Å². The van der Waals surface area contributed by atoms with Gasteiger partial charge in [0.15, 0.2) is 6.61 Å². The predicted molar refractivity (Wildman–Crippen MR) is 230 cm³/mol. The average Bonchev–Trinajstić information content (AvgIpc) is 3.72. The third kappa shape index (κ3) is 15.1. The van der Waals surface area contributed by atoms with Gasteiger partial charge in [-0.2, -0.15) is 0 Å². The molecule has 0 spiro atoms. The van der Waals surface area contributed by atoms with Crippen molar-refractivity contribution in [2.45, 2.75) is 140 Å². The number of hydrogen-bond acceptors (Lipinski definition) is 11. The number of carbonyl (C=O) groups excluding carboxylic acids is 6. The van der Waals surface area contributed by atoms with Crippen LogP contribution in [0.15, 0.2) is 42.5 Å². The highest BCUT2D eigenvalue weighted by molar-refractivity contribution is 5.96. The molecule has 1 aliphatic heterocycles. The van der Waals surface area contributed by atoms with E-state index in [1.807, 2.05) is 30.3 Å². The molecule has 18 nitrogen and oxygen atoms in total. The van der Waals surface area contributed by atoms with Crippen LogP contribution in [0.4, 0.5) is 4.79 Å². The second-order valence-electron chi connectivity index (χ2n) is 16.5. The highest BCUT2D eigenvalue weighted by atomic mass is 16.5. The lowest BCUT2D eigenvalue weighted by atomic mass is 9.96. The first-order chi connectivity index (χ1) is 29.7. The summed E-state index contributed by atoms with van der Waals surface area (Å²) in [4.78, 5) is 94.0. The van der Waals surface area contributed by atoms with Gasteiger partial charge < -0.3 is 56.9 Å². The molecule has 0 radical (unpaired) electrons. The van der Waals surface area contributed by atoms with Crippen LogP contribution in [-0.2, 0) is 33.5 Å². The van der Waals surface area contributed by atoms with Crippen LogP contribution in [-0.4, -0.2) is 125 Å². The zero-order valence-electron chi connectivity index (χ0n) is 36.1. The van der Waals surface area contributed by atoms with Crippen LogP contribution in [0.3, 0.4) is 0 Å². The monoisotopic (exact) mass is 867 g/mol. The number of aliphatic carboxylic acids is 1. The fourth-order valence-corrected chi connectivity index (χ4v) is 7.80. The largest absolute Gasteiger partial charge is 0.483 e. The molecular weight excluding hydrogens is 803 g/mol. The van der Waals surface area contributed by atoms with Gasteiger partial charge in [0.25, 0.3) is 5.91 Å². The first-order valence-electron chi connectivity index (χ1n) is 21.8. The molecule has 1 aliphatic carbocycles. The Labute approximate surface area is 362 Å². The van der Waals surface area contributed by atoms with Crippen molar-refractivity contribution < 1.29 is 53.2 Å². The summed E-state index contributed by atoms with van der Waals surface area (Å²) in [5.41, 5.74) is 5.69. The second-order valence-corrected chi connectivity index (χ2v) is 16.5. The number of amides is 6. The minimum atomic E-state index is -1.49. The Hall–Kier alpha value is -5.49. The molecule has 6 atom stereocenters. The molecule has 1 heterocycles. The Balaban J connectivity index is 1.40. The van der Waals surface area contributed by atoms with Crippen molar-refractivity contribution in [2.75, 3.05) is 26.3 Å². The SMILES string of the molecule is CC(C)[C@H](NC(=O)[C@H](CCCCN)NC(=O)COc1cccc2ccccc12)C(=O)N[C@@H](CCC(=O)O)C(=O)N[C@H](C(=O)N1CCC[C@H]1COC(=O)NC1CCCCC1)[C@@H](C)O. The number of aliphatic hydroxyl groups is 1. The number of nitrogens with zero attached hydrogens (tertiary/aromatic N) is 1. The summed E-state index contributed by atoms with van der Waals surface area (Å²) < 4.78 is 11.3. The van der Waals surface area contributed by atoms with Crippen molar-refractivity contribution in [3.05, 3.63) is 42.5 Å². The fraction of sp³-hybridized carbons (Fsp3) is 0.614. The molecule has 2 fully saturated rings. The standard InChI is InChI=1S/C44H65N7O11/c1-27(2)38(49-40(56)33(19-9-10-23-45)47-36(53)26-61-35-20-11-14-29-13-7-8-18-32(29)35)42(58)48-34(21-22-37(54)55)41(57)50-39(28(3)52)43(59)51-24-12-17-31(51)25-62-44(60)46-30-15-5-4-6-16-30/h7-8,11,13-14,18,20,27-28,30-31,33-34,38-39,52H,4-6,9-10,12,15-17,19,21-26,45H2,1-3H3,(H,46,60)(H,47,53)(H,48,58)(H,49,56)(H,50,57)(H,54,55)/t28-,31+,33+,34+,38+,39+/m1/s1. The number of fused-ring (bicyclic) bond motifs is 1. The molecule has 2 aromatic carbocycles. The molecule has 0 aromatic heterocycles. The van der Waals surface area contributed by atoms with E-state index in [0.717, 1.165) is 42.9 Å². The molecular formula is C44H65N7O11. The van der Waals surface area contributed by atoms with E-state index in [0.29, 0.717) is 38.0 Å². The lowest BCUT2D eigenvalue weighted by Crippen LogP contribution is -2.61. The van der Waals surface area contributed by atoms with Crippen LogP contribution in [0.25, 0.3) is 10.8 Å². The van der Waals surface area contributed by atoms with Gasteiger partial charge in [0.2, 0.25) is 23.6 Å². The second kappa shape index (κ2) is 24.8. The molecule has 2 aliphatic rings. The molecule has 6 amide bonds. The maximum absolute atomic E-state index is 13.9. The number of aliphatic hydroxyl groups excluding tert-OH is 1. The third-order valence-corrected chi connectivity index (χ3v) is 11.3. The van der Waals surface area contributed by atoms with Crippen LogP contribution >= 0.6 is 0 Å². The summed E-state index contributed by atoms with van der Waals surface area (Å²) in [6.07, 6.45) is 4.43. The lowest BCUT2D eigenvalue weighted by Gasteiger charge is -2.32. The zero-order valence-corrected chi connectivity index (χ0v) is 36.1.